The van der Waals surface area contributed by atoms with E-state index in [1.54, 1.807) is 16.7 Å². The van der Waals surface area contributed by atoms with Gasteiger partial charge in [-0.25, -0.2) is 8.78 Å². The minimum Gasteiger partial charge on any atom is -0.321 e. The first-order valence-corrected chi connectivity index (χ1v) is 7.98. The van der Waals surface area contributed by atoms with Crippen molar-refractivity contribution in [2.24, 2.45) is 0 Å². The number of hydrogen-bond acceptors (Lipinski definition) is 3. The fourth-order valence-electron chi connectivity index (χ4n) is 2.36. The fourth-order valence-corrected chi connectivity index (χ4v) is 2.74. The second-order valence-corrected chi connectivity index (χ2v) is 5.71. The van der Waals surface area contributed by atoms with Crippen LogP contribution < -0.4 is 5.32 Å². The third-order valence-corrected chi connectivity index (χ3v) is 4.05. The maximum atomic E-state index is 13.4. The highest BCUT2D eigenvalue weighted by Crippen LogP contribution is 2.27. The number of thioether (sulfide) groups is 1. The van der Waals surface area contributed by atoms with Crippen LogP contribution in [0.25, 0.3) is 0 Å². The molecule has 2 rings (SSSR count). The first-order chi connectivity index (χ1) is 9.58. The number of halogens is 2. The van der Waals surface area contributed by atoms with E-state index in [4.69, 9.17) is 0 Å². The summed E-state index contributed by atoms with van der Waals surface area (Å²) in [6.45, 7) is 2.52. The highest BCUT2D eigenvalue weighted by atomic mass is 32.2. The number of hydrogen-bond donors (Lipinski definition) is 1. The normalized spacial score (nSPS) is 22.6. The van der Waals surface area contributed by atoms with Crippen molar-refractivity contribution in [3.05, 3.63) is 35.4 Å². The number of benzene rings is 1. The molecule has 2 unspecified atom stereocenters. The molecule has 0 bridgehead atoms. The standard InChI is InChI=1S/C14H18F2N2OS/c1-3-12-14(19)18(6-7-20-2)13(17-12)9-4-5-10(15)11(16)8-9/h4-5,8,12-13,17H,3,6-7H2,1-2H3. The Labute approximate surface area is 121 Å². The van der Waals surface area contributed by atoms with E-state index in [0.29, 0.717) is 18.5 Å². The summed E-state index contributed by atoms with van der Waals surface area (Å²) in [4.78, 5) is 14.0. The van der Waals surface area contributed by atoms with Gasteiger partial charge in [-0.2, -0.15) is 11.8 Å². The van der Waals surface area contributed by atoms with Crippen LogP contribution in [-0.4, -0.2) is 35.4 Å². The Kier molecular flexibility index (Phi) is 4.99. The van der Waals surface area contributed by atoms with E-state index in [2.05, 4.69) is 5.32 Å². The molecular weight excluding hydrogens is 282 g/mol. The highest BCUT2D eigenvalue weighted by molar-refractivity contribution is 7.98. The Morgan fingerprint density at radius 3 is 2.70 bits per heavy atom. The molecule has 0 saturated carbocycles. The molecule has 1 heterocycles. The van der Waals surface area contributed by atoms with Crippen molar-refractivity contribution in [1.29, 1.82) is 0 Å². The lowest BCUT2D eigenvalue weighted by molar-refractivity contribution is -0.129. The molecule has 110 valence electrons. The Morgan fingerprint density at radius 1 is 1.35 bits per heavy atom. The van der Waals surface area contributed by atoms with E-state index in [-0.39, 0.29) is 18.1 Å². The van der Waals surface area contributed by atoms with Gasteiger partial charge in [0.25, 0.3) is 0 Å². The quantitative estimate of drug-likeness (QED) is 0.907. The lowest BCUT2D eigenvalue weighted by atomic mass is 10.1. The van der Waals surface area contributed by atoms with E-state index in [1.807, 2.05) is 13.2 Å². The molecule has 6 heteroatoms. The van der Waals surface area contributed by atoms with Gasteiger partial charge in [-0.1, -0.05) is 13.0 Å². The van der Waals surface area contributed by atoms with E-state index in [0.717, 1.165) is 17.9 Å². The summed E-state index contributed by atoms with van der Waals surface area (Å²) in [7, 11) is 0. The lowest BCUT2D eigenvalue weighted by Gasteiger charge is -2.24. The Morgan fingerprint density at radius 2 is 2.10 bits per heavy atom. The van der Waals surface area contributed by atoms with Crippen molar-refractivity contribution in [2.45, 2.75) is 25.6 Å². The van der Waals surface area contributed by atoms with E-state index < -0.39 is 11.6 Å². The molecule has 1 aromatic carbocycles. The van der Waals surface area contributed by atoms with Crippen LogP contribution in [0.1, 0.15) is 25.1 Å². The largest absolute Gasteiger partial charge is 0.321 e. The van der Waals surface area contributed by atoms with Crippen molar-refractivity contribution < 1.29 is 13.6 Å². The third kappa shape index (κ3) is 2.96. The molecule has 3 nitrogen and oxygen atoms in total. The van der Waals surface area contributed by atoms with Gasteiger partial charge in [-0.15, -0.1) is 0 Å². The topological polar surface area (TPSA) is 32.3 Å². The number of carbonyl (C=O) groups excluding carboxylic acids is 1. The van der Waals surface area contributed by atoms with Crippen LogP contribution in [0.15, 0.2) is 18.2 Å². The third-order valence-electron chi connectivity index (χ3n) is 3.46. The summed E-state index contributed by atoms with van der Waals surface area (Å²) in [5.74, 6) is -0.928. The number of nitrogens with one attached hydrogen (secondary N) is 1. The van der Waals surface area contributed by atoms with Crippen molar-refractivity contribution >= 4 is 17.7 Å². The van der Waals surface area contributed by atoms with Crippen molar-refractivity contribution in [1.82, 2.24) is 10.2 Å². The molecule has 1 fully saturated rings. The molecule has 1 N–H and O–H groups in total. The molecule has 1 amide bonds. The van der Waals surface area contributed by atoms with Crippen molar-refractivity contribution in [3.8, 4) is 0 Å². The second kappa shape index (κ2) is 6.54. The molecule has 0 radical (unpaired) electrons. The minimum absolute atomic E-state index is 0.0243. The van der Waals surface area contributed by atoms with E-state index in [1.165, 1.54) is 6.07 Å². The predicted octanol–water partition coefficient (Wildman–Crippen LogP) is 2.54. The van der Waals surface area contributed by atoms with Gasteiger partial charge in [0.05, 0.1) is 6.04 Å². The van der Waals surface area contributed by atoms with Crippen LogP contribution in [0.4, 0.5) is 8.78 Å². The second-order valence-electron chi connectivity index (χ2n) is 4.73. The molecule has 2 atom stereocenters. The molecule has 0 spiro atoms. The van der Waals surface area contributed by atoms with Crippen LogP contribution in [-0.2, 0) is 4.79 Å². The number of amides is 1. The van der Waals surface area contributed by atoms with Crippen LogP contribution >= 0.6 is 11.8 Å². The fraction of sp³-hybridized carbons (Fsp3) is 0.500. The first kappa shape index (κ1) is 15.3. The van der Waals surface area contributed by atoms with Crippen molar-refractivity contribution in [2.75, 3.05) is 18.6 Å². The molecule has 1 aliphatic rings. The van der Waals surface area contributed by atoms with E-state index in [9.17, 15) is 13.6 Å². The van der Waals surface area contributed by atoms with Gasteiger partial charge in [0.2, 0.25) is 5.91 Å². The average molecular weight is 300 g/mol. The zero-order valence-electron chi connectivity index (χ0n) is 11.5. The summed E-state index contributed by atoms with van der Waals surface area (Å²) in [5.41, 5.74) is 0.578. The van der Waals surface area contributed by atoms with Gasteiger partial charge >= 0.3 is 0 Å². The van der Waals surface area contributed by atoms with Crippen LogP contribution in [0.2, 0.25) is 0 Å². The van der Waals surface area contributed by atoms with Gasteiger partial charge in [-0.05, 0) is 30.4 Å². The summed E-state index contributed by atoms with van der Waals surface area (Å²) < 4.78 is 26.4. The van der Waals surface area contributed by atoms with E-state index >= 15 is 0 Å². The zero-order valence-corrected chi connectivity index (χ0v) is 12.3. The van der Waals surface area contributed by atoms with Gasteiger partial charge < -0.3 is 4.90 Å². The first-order valence-electron chi connectivity index (χ1n) is 6.59. The molecule has 1 saturated heterocycles. The summed E-state index contributed by atoms with van der Waals surface area (Å²) >= 11 is 1.65. The minimum atomic E-state index is -0.887. The zero-order chi connectivity index (χ0) is 14.7. The van der Waals surface area contributed by atoms with Gasteiger partial charge in [0.15, 0.2) is 11.6 Å². The molecule has 0 aliphatic carbocycles. The highest BCUT2D eigenvalue weighted by Gasteiger charge is 2.38. The molecule has 0 aromatic heterocycles. The monoisotopic (exact) mass is 300 g/mol. The van der Waals surface area contributed by atoms with Crippen LogP contribution in [0, 0.1) is 11.6 Å². The summed E-state index contributed by atoms with van der Waals surface area (Å²) in [5, 5.41) is 3.19. The van der Waals surface area contributed by atoms with Crippen LogP contribution in [0.5, 0.6) is 0 Å². The maximum Gasteiger partial charge on any atom is 0.241 e. The summed E-state index contributed by atoms with van der Waals surface area (Å²) in [6.07, 6.45) is 2.27. The van der Waals surface area contributed by atoms with Gasteiger partial charge in [0, 0.05) is 12.3 Å². The SMILES string of the molecule is CCC1NC(c2ccc(F)c(F)c2)N(CCSC)C1=O. The Hall–Kier alpha value is -1.14. The molecule has 1 aromatic rings. The van der Waals surface area contributed by atoms with Gasteiger partial charge in [-0.3, -0.25) is 10.1 Å². The van der Waals surface area contributed by atoms with Crippen LogP contribution in [0.3, 0.4) is 0 Å². The van der Waals surface area contributed by atoms with Crippen molar-refractivity contribution in [3.63, 3.8) is 0 Å². The maximum absolute atomic E-state index is 13.4. The Balaban J connectivity index is 2.26. The van der Waals surface area contributed by atoms with Gasteiger partial charge in [0.1, 0.15) is 6.17 Å². The number of carbonyl (C=O) groups is 1. The smallest absolute Gasteiger partial charge is 0.241 e. The average Bonchev–Trinajstić information content (AvgIpc) is 2.76. The molecule has 1 aliphatic heterocycles. The number of rotatable bonds is 5. The Bertz CT molecular complexity index is 498. The summed E-state index contributed by atoms with van der Waals surface area (Å²) in [6, 6.07) is 3.52. The molecule has 20 heavy (non-hydrogen) atoms. The predicted molar refractivity (Wildman–Crippen MR) is 76.4 cm³/mol. The molecular formula is C14H18F2N2OS. The lowest BCUT2D eigenvalue weighted by Crippen LogP contribution is -2.33. The number of nitrogens with zero attached hydrogens (tertiary/aromatic N) is 1.